The lowest BCUT2D eigenvalue weighted by molar-refractivity contribution is -0.136. The van der Waals surface area contributed by atoms with Crippen LogP contribution in [-0.4, -0.2) is 20.5 Å². The van der Waals surface area contributed by atoms with E-state index >= 15 is 0 Å². The Morgan fingerprint density at radius 1 is 1.23 bits per heavy atom. The smallest absolute Gasteiger partial charge is 0.309 e. The van der Waals surface area contributed by atoms with Crippen molar-refractivity contribution in [2.24, 2.45) is 0 Å². The molecule has 0 saturated carbocycles. The van der Waals surface area contributed by atoms with Crippen LogP contribution in [0.15, 0.2) is 48.7 Å². The monoisotopic (exact) mass is 297 g/mol. The first-order valence-corrected chi connectivity index (χ1v) is 6.79. The Morgan fingerprint density at radius 3 is 2.73 bits per heavy atom. The Morgan fingerprint density at radius 2 is 2.00 bits per heavy atom. The number of benzene rings is 1. The molecule has 0 bridgehead atoms. The Balaban J connectivity index is 1.91. The van der Waals surface area contributed by atoms with Crippen LogP contribution in [0, 0.1) is 0 Å². The Hall–Kier alpha value is -3.02. The summed E-state index contributed by atoms with van der Waals surface area (Å²) in [5.41, 5.74) is 7.78. The molecule has 0 saturated heterocycles. The van der Waals surface area contributed by atoms with Crippen LogP contribution in [-0.2, 0) is 17.8 Å². The number of para-hydroxylation sites is 1. The number of pyridine rings is 1. The van der Waals surface area contributed by atoms with E-state index in [1.165, 1.54) is 0 Å². The van der Waals surface area contributed by atoms with Gasteiger partial charge in [0.1, 0.15) is 23.8 Å². The number of fused-ring (bicyclic) bond motifs is 1. The first-order chi connectivity index (χ1) is 10.6. The Kier molecular flexibility index (Phi) is 3.65. The summed E-state index contributed by atoms with van der Waals surface area (Å²) < 4.78 is 7.40. The summed E-state index contributed by atoms with van der Waals surface area (Å²) in [6.45, 7) is 0.331. The Bertz CT molecular complexity index is 812. The van der Waals surface area contributed by atoms with Crippen molar-refractivity contribution in [2.75, 3.05) is 5.73 Å². The van der Waals surface area contributed by atoms with E-state index in [9.17, 15) is 4.79 Å². The zero-order valence-electron chi connectivity index (χ0n) is 11.8. The van der Waals surface area contributed by atoms with E-state index in [1.807, 2.05) is 42.5 Å². The molecule has 0 unspecified atom stereocenters. The van der Waals surface area contributed by atoms with Gasteiger partial charge in [0.15, 0.2) is 0 Å². The summed E-state index contributed by atoms with van der Waals surface area (Å²) >= 11 is 0. The van der Waals surface area contributed by atoms with Crippen LogP contribution < -0.4 is 10.5 Å². The van der Waals surface area contributed by atoms with Gasteiger partial charge in [-0.2, -0.15) is 0 Å². The van der Waals surface area contributed by atoms with Crippen LogP contribution >= 0.6 is 0 Å². The summed E-state index contributed by atoms with van der Waals surface area (Å²) in [5, 5.41) is 8.91. The lowest BCUT2D eigenvalue weighted by atomic mass is 10.3. The van der Waals surface area contributed by atoms with Gasteiger partial charge in [0, 0.05) is 11.8 Å². The maximum atomic E-state index is 10.9. The number of anilines is 1. The second-order valence-corrected chi connectivity index (χ2v) is 4.84. The van der Waals surface area contributed by atoms with Crippen LogP contribution in [0.3, 0.4) is 0 Å². The summed E-state index contributed by atoms with van der Waals surface area (Å²) in [6, 6.07) is 13.2. The fourth-order valence-electron chi connectivity index (χ4n) is 2.25. The number of nitrogens with zero attached hydrogens (tertiary/aromatic N) is 2. The van der Waals surface area contributed by atoms with Crippen molar-refractivity contribution >= 4 is 17.4 Å². The number of aromatic nitrogens is 2. The van der Waals surface area contributed by atoms with Crippen molar-refractivity contribution < 1.29 is 14.6 Å². The summed E-state index contributed by atoms with van der Waals surface area (Å²) in [4.78, 5) is 15.2. The second kappa shape index (κ2) is 5.77. The fraction of sp³-hybridized carbons (Fsp3) is 0.125. The molecular weight excluding hydrogens is 282 g/mol. The molecule has 0 aliphatic rings. The quantitative estimate of drug-likeness (QED) is 0.753. The van der Waals surface area contributed by atoms with Gasteiger partial charge in [0.2, 0.25) is 0 Å². The third-order valence-electron chi connectivity index (χ3n) is 3.30. The molecule has 3 rings (SSSR count). The number of hydrogen-bond acceptors (Lipinski definition) is 4. The van der Waals surface area contributed by atoms with E-state index in [1.54, 1.807) is 10.6 Å². The highest BCUT2D eigenvalue weighted by atomic mass is 16.5. The molecule has 2 heterocycles. The molecule has 1 aromatic carbocycles. The minimum absolute atomic E-state index is 0.202. The molecular formula is C16H15N3O3. The second-order valence-electron chi connectivity index (χ2n) is 4.84. The van der Waals surface area contributed by atoms with Gasteiger partial charge in [-0.05, 0) is 18.2 Å². The highest BCUT2D eigenvalue weighted by Crippen LogP contribution is 2.20. The Labute approximate surface area is 126 Å². The molecule has 6 nitrogen and oxygen atoms in total. The molecule has 2 aromatic heterocycles. The van der Waals surface area contributed by atoms with Crippen molar-refractivity contribution in [2.45, 2.75) is 13.0 Å². The molecule has 22 heavy (non-hydrogen) atoms. The third kappa shape index (κ3) is 2.71. The number of ether oxygens (including phenoxy) is 1. The van der Waals surface area contributed by atoms with Crippen LogP contribution in [0.1, 0.15) is 11.3 Å². The fourth-order valence-corrected chi connectivity index (χ4v) is 2.25. The molecule has 0 aliphatic carbocycles. The summed E-state index contributed by atoms with van der Waals surface area (Å²) in [5.74, 6) is 0.144. The van der Waals surface area contributed by atoms with E-state index in [0.29, 0.717) is 23.8 Å². The molecule has 3 N–H and O–H groups in total. The zero-order valence-corrected chi connectivity index (χ0v) is 11.8. The number of nitrogens with two attached hydrogens (primary N) is 1. The first kappa shape index (κ1) is 13.9. The van der Waals surface area contributed by atoms with E-state index in [0.717, 1.165) is 11.3 Å². The van der Waals surface area contributed by atoms with Gasteiger partial charge >= 0.3 is 5.97 Å². The standard InChI is InChI=1S/C16H15N3O3/c17-15-13(9-14(20)21)18-16-11(5-4-8-19(15)16)10-22-12-6-2-1-3-7-12/h1-8H,9-10,17H2,(H,20,21). The number of rotatable bonds is 5. The molecule has 3 aromatic rings. The van der Waals surface area contributed by atoms with Crippen LogP contribution in [0.2, 0.25) is 0 Å². The largest absolute Gasteiger partial charge is 0.489 e. The lowest BCUT2D eigenvalue weighted by Gasteiger charge is -2.07. The van der Waals surface area contributed by atoms with Crippen molar-refractivity contribution in [3.63, 3.8) is 0 Å². The maximum absolute atomic E-state index is 10.9. The average molecular weight is 297 g/mol. The van der Waals surface area contributed by atoms with Gasteiger partial charge in [-0.25, -0.2) is 4.98 Å². The van der Waals surface area contributed by atoms with Crippen molar-refractivity contribution in [3.05, 3.63) is 59.9 Å². The molecule has 112 valence electrons. The van der Waals surface area contributed by atoms with Crippen molar-refractivity contribution in [3.8, 4) is 5.75 Å². The number of aliphatic carboxylic acids is 1. The van der Waals surface area contributed by atoms with Crippen LogP contribution in [0.5, 0.6) is 5.75 Å². The van der Waals surface area contributed by atoms with Gasteiger partial charge < -0.3 is 15.6 Å². The van der Waals surface area contributed by atoms with Crippen LogP contribution in [0.4, 0.5) is 5.82 Å². The normalized spacial score (nSPS) is 10.7. The molecule has 0 radical (unpaired) electrons. The number of nitrogen functional groups attached to an aromatic ring is 1. The molecule has 0 atom stereocenters. The topological polar surface area (TPSA) is 89.9 Å². The van der Waals surface area contributed by atoms with E-state index in [2.05, 4.69) is 4.98 Å². The minimum atomic E-state index is -0.961. The number of carboxylic acid groups (broad SMARTS) is 1. The predicted molar refractivity (Wildman–Crippen MR) is 81.7 cm³/mol. The molecule has 0 fully saturated rings. The van der Waals surface area contributed by atoms with E-state index in [-0.39, 0.29) is 6.42 Å². The number of carbonyl (C=O) groups is 1. The molecule has 0 spiro atoms. The number of carboxylic acids is 1. The SMILES string of the molecule is Nc1c(CC(=O)O)nc2c(COc3ccccc3)cccn12. The first-order valence-electron chi connectivity index (χ1n) is 6.79. The van der Waals surface area contributed by atoms with E-state index in [4.69, 9.17) is 15.6 Å². The molecule has 0 aliphatic heterocycles. The van der Waals surface area contributed by atoms with E-state index < -0.39 is 5.97 Å². The van der Waals surface area contributed by atoms with Gasteiger partial charge in [0.25, 0.3) is 0 Å². The summed E-state index contributed by atoms with van der Waals surface area (Å²) in [6.07, 6.45) is 1.56. The highest BCUT2D eigenvalue weighted by molar-refractivity contribution is 5.73. The average Bonchev–Trinajstić information content (AvgIpc) is 2.83. The molecule has 6 heteroatoms. The lowest BCUT2D eigenvalue weighted by Crippen LogP contribution is -2.03. The zero-order chi connectivity index (χ0) is 15.5. The minimum Gasteiger partial charge on any atom is -0.489 e. The van der Waals surface area contributed by atoms with Gasteiger partial charge in [0.05, 0.1) is 12.1 Å². The van der Waals surface area contributed by atoms with Crippen molar-refractivity contribution in [1.29, 1.82) is 0 Å². The predicted octanol–water partition coefficient (Wildman–Crippen LogP) is 2.12. The van der Waals surface area contributed by atoms with Crippen molar-refractivity contribution in [1.82, 2.24) is 9.38 Å². The molecule has 0 amide bonds. The highest BCUT2D eigenvalue weighted by Gasteiger charge is 2.14. The maximum Gasteiger partial charge on any atom is 0.309 e. The van der Waals surface area contributed by atoms with Gasteiger partial charge in [-0.1, -0.05) is 24.3 Å². The van der Waals surface area contributed by atoms with Gasteiger partial charge in [-0.3, -0.25) is 9.20 Å². The van der Waals surface area contributed by atoms with Crippen LogP contribution in [0.25, 0.3) is 5.65 Å². The number of hydrogen-bond donors (Lipinski definition) is 2. The van der Waals surface area contributed by atoms with Gasteiger partial charge in [-0.15, -0.1) is 0 Å². The third-order valence-corrected chi connectivity index (χ3v) is 3.30. The number of imidazole rings is 1. The summed E-state index contributed by atoms with van der Waals surface area (Å²) in [7, 11) is 0.